The second kappa shape index (κ2) is 6.17. The molecule has 0 spiro atoms. The number of hydrogen-bond donors (Lipinski definition) is 1. The van der Waals surface area contributed by atoms with E-state index in [-0.39, 0.29) is 5.56 Å². The van der Waals surface area contributed by atoms with Gasteiger partial charge in [0.1, 0.15) is 9.39 Å². The first-order valence-electron chi connectivity index (χ1n) is 6.48. The van der Waals surface area contributed by atoms with E-state index in [4.69, 9.17) is 0 Å². The quantitative estimate of drug-likeness (QED) is 0.701. The van der Waals surface area contributed by atoms with Gasteiger partial charge in [0.25, 0.3) is 5.56 Å². The molecule has 104 valence electrons. The molecule has 21 heavy (non-hydrogen) atoms. The summed E-state index contributed by atoms with van der Waals surface area (Å²) >= 11 is 2.03. The third-order valence-corrected chi connectivity index (χ3v) is 4.03. The lowest BCUT2D eigenvalue weighted by atomic mass is 10.1. The van der Waals surface area contributed by atoms with Crippen LogP contribution in [-0.2, 0) is 6.42 Å². The van der Waals surface area contributed by atoms with E-state index >= 15 is 0 Å². The molecule has 0 saturated heterocycles. The van der Waals surface area contributed by atoms with Crippen LogP contribution in [0.3, 0.4) is 0 Å². The molecule has 0 amide bonds. The van der Waals surface area contributed by atoms with E-state index < -0.39 is 0 Å². The lowest BCUT2D eigenvalue weighted by Crippen LogP contribution is -2.16. The van der Waals surface area contributed by atoms with E-state index in [2.05, 4.69) is 15.0 Å². The van der Waals surface area contributed by atoms with E-state index in [0.29, 0.717) is 21.5 Å². The van der Waals surface area contributed by atoms with Gasteiger partial charge >= 0.3 is 0 Å². The van der Waals surface area contributed by atoms with Crippen LogP contribution < -0.4 is 5.56 Å². The number of nitrogens with zero attached hydrogens (tertiary/aromatic N) is 2. The Morgan fingerprint density at radius 3 is 2.52 bits per heavy atom. The number of pyridine rings is 1. The zero-order chi connectivity index (χ0) is 14.7. The predicted octanol–water partition coefficient (Wildman–Crippen LogP) is 3.03. The van der Waals surface area contributed by atoms with E-state index in [1.807, 2.05) is 71.1 Å². The Labute approximate surface area is 135 Å². The van der Waals surface area contributed by atoms with Crippen LogP contribution in [0, 0.1) is 3.57 Å². The first-order chi connectivity index (χ1) is 10.2. The second-order valence-corrected chi connectivity index (χ2v) is 5.62. The van der Waals surface area contributed by atoms with Gasteiger partial charge in [0.05, 0.1) is 5.69 Å². The van der Waals surface area contributed by atoms with Gasteiger partial charge in [0.2, 0.25) is 0 Å². The number of benzene rings is 1. The zero-order valence-electron chi connectivity index (χ0n) is 11.1. The molecular formula is C16H12IN3O. The van der Waals surface area contributed by atoms with Crippen molar-refractivity contribution in [1.82, 2.24) is 15.0 Å². The van der Waals surface area contributed by atoms with Crippen molar-refractivity contribution in [2.45, 2.75) is 6.42 Å². The molecule has 0 aliphatic rings. The summed E-state index contributed by atoms with van der Waals surface area (Å²) in [5, 5.41) is 0. The maximum Gasteiger partial charge on any atom is 0.264 e. The van der Waals surface area contributed by atoms with Crippen LogP contribution in [0.2, 0.25) is 0 Å². The van der Waals surface area contributed by atoms with Gasteiger partial charge in [-0.25, -0.2) is 4.98 Å². The molecule has 0 aliphatic carbocycles. The van der Waals surface area contributed by atoms with Crippen molar-refractivity contribution >= 4 is 22.6 Å². The molecule has 0 saturated carbocycles. The zero-order valence-corrected chi connectivity index (χ0v) is 13.2. The molecule has 2 heterocycles. The largest absolute Gasteiger partial charge is 0.309 e. The lowest BCUT2D eigenvalue weighted by Gasteiger charge is -2.07. The highest BCUT2D eigenvalue weighted by Gasteiger charge is 2.11. The number of H-pyrrole nitrogens is 1. The van der Waals surface area contributed by atoms with Gasteiger partial charge in [-0.3, -0.25) is 9.78 Å². The molecule has 3 rings (SSSR count). The second-order valence-electron chi connectivity index (χ2n) is 4.54. The highest BCUT2D eigenvalue weighted by Crippen LogP contribution is 2.20. The summed E-state index contributed by atoms with van der Waals surface area (Å²) in [6.45, 7) is 0. The third-order valence-electron chi connectivity index (χ3n) is 3.03. The van der Waals surface area contributed by atoms with E-state index in [9.17, 15) is 4.79 Å². The minimum absolute atomic E-state index is 0.115. The van der Waals surface area contributed by atoms with Crippen molar-refractivity contribution in [2.24, 2.45) is 0 Å². The molecule has 0 fully saturated rings. The van der Waals surface area contributed by atoms with Gasteiger partial charge in [-0.1, -0.05) is 36.4 Å². The fourth-order valence-corrected chi connectivity index (χ4v) is 2.62. The number of aromatic amines is 1. The molecule has 3 aromatic rings. The average Bonchev–Trinajstić information content (AvgIpc) is 2.52. The molecule has 0 radical (unpaired) electrons. The Morgan fingerprint density at radius 2 is 1.81 bits per heavy atom. The van der Waals surface area contributed by atoms with Gasteiger partial charge in [0, 0.05) is 23.9 Å². The van der Waals surface area contributed by atoms with Crippen LogP contribution in [0.25, 0.3) is 11.3 Å². The van der Waals surface area contributed by atoms with Crippen molar-refractivity contribution in [1.29, 1.82) is 0 Å². The van der Waals surface area contributed by atoms with Crippen LogP contribution in [0.1, 0.15) is 11.5 Å². The van der Waals surface area contributed by atoms with Gasteiger partial charge in [0.15, 0.2) is 0 Å². The van der Waals surface area contributed by atoms with Crippen molar-refractivity contribution in [3.05, 3.63) is 80.2 Å². The maximum atomic E-state index is 12.1. The molecule has 1 aromatic carbocycles. The topological polar surface area (TPSA) is 58.6 Å². The number of rotatable bonds is 3. The summed E-state index contributed by atoms with van der Waals surface area (Å²) in [5.74, 6) is 0.623. The Hall–Kier alpha value is -2.02. The molecule has 0 atom stereocenters. The molecule has 0 unspecified atom stereocenters. The van der Waals surface area contributed by atoms with E-state index in [1.54, 1.807) is 6.20 Å². The SMILES string of the molecule is O=c1[nH]c(Cc2ccccn2)nc(-c2ccccc2)c1I. The van der Waals surface area contributed by atoms with E-state index in [1.165, 1.54) is 0 Å². The summed E-state index contributed by atoms with van der Waals surface area (Å²) < 4.78 is 0.601. The van der Waals surface area contributed by atoms with Crippen LogP contribution in [0.5, 0.6) is 0 Å². The summed E-state index contributed by atoms with van der Waals surface area (Å²) in [5.41, 5.74) is 2.41. The van der Waals surface area contributed by atoms with Gasteiger partial charge in [-0.15, -0.1) is 0 Å². The molecule has 5 heteroatoms. The Bertz CT molecular complexity index is 801. The predicted molar refractivity (Wildman–Crippen MR) is 90.1 cm³/mol. The number of nitrogens with one attached hydrogen (secondary N) is 1. The first kappa shape index (κ1) is 13.9. The van der Waals surface area contributed by atoms with Crippen LogP contribution >= 0.6 is 22.6 Å². The molecular weight excluding hydrogens is 377 g/mol. The Kier molecular flexibility index (Phi) is 4.10. The molecule has 1 N–H and O–H groups in total. The highest BCUT2D eigenvalue weighted by atomic mass is 127. The van der Waals surface area contributed by atoms with Crippen molar-refractivity contribution in [3.63, 3.8) is 0 Å². The van der Waals surface area contributed by atoms with Crippen LogP contribution in [0.15, 0.2) is 59.5 Å². The highest BCUT2D eigenvalue weighted by molar-refractivity contribution is 14.1. The molecule has 0 aliphatic heterocycles. The monoisotopic (exact) mass is 389 g/mol. The fraction of sp³-hybridized carbons (Fsp3) is 0.0625. The van der Waals surface area contributed by atoms with E-state index in [0.717, 1.165) is 11.3 Å². The maximum absolute atomic E-state index is 12.1. The lowest BCUT2D eigenvalue weighted by molar-refractivity contribution is 0.915. The van der Waals surface area contributed by atoms with Crippen molar-refractivity contribution in [3.8, 4) is 11.3 Å². The summed E-state index contributed by atoms with van der Waals surface area (Å²) in [4.78, 5) is 23.8. The molecule has 0 bridgehead atoms. The summed E-state index contributed by atoms with van der Waals surface area (Å²) in [6.07, 6.45) is 2.24. The van der Waals surface area contributed by atoms with Gasteiger partial charge < -0.3 is 4.98 Å². The first-order valence-corrected chi connectivity index (χ1v) is 7.56. The summed E-state index contributed by atoms with van der Waals surface area (Å²) in [6, 6.07) is 15.4. The number of hydrogen-bond acceptors (Lipinski definition) is 3. The van der Waals surface area contributed by atoms with Gasteiger partial charge in [-0.05, 0) is 34.7 Å². The van der Waals surface area contributed by atoms with Crippen molar-refractivity contribution in [2.75, 3.05) is 0 Å². The number of aromatic nitrogens is 3. The minimum atomic E-state index is -0.115. The standard InChI is InChI=1S/C16H12IN3O/c17-14-15(11-6-2-1-3-7-11)19-13(20-16(14)21)10-12-8-4-5-9-18-12/h1-9H,10H2,(H,19,20,21). The molecule has 4 nitrogen and oxygen atoms in total. The smallest absolute Gasteiger partial charge is 0.264 e. The van der Waals surface area contributed by atoms with Crippen molar-refractivity contribution < 1.29 is 0 Å². The Balaban J connectivity index is 2.04. The molecule has 2 aromatic heterocycles. The normalized spacial score (nSPS) is 10.5. The Morgan fingerprint density at radius 1 is 1.05 bits per heavy atom. The average molecular weight is 389 g/mol. The van der Waals surface area contributed by atoms with Gasteiger partial charge in [-0.2, -0.15) is 0 Å². The van der Waals surface area contributed by atoms with Crippen LogP contribution in [-0.4, -0.2) is 15.0 Å². The fourth-order valence-electron chi connectivity index (χ4n) is 2.05. The summed E-state index contributed by atoms with van der Waals surface area (Å²) in [7, 11) is 0. The third kappa shape index (κ3) is 3.18. The number of halogens is 1. The van der Waals surface area contributed by atoms with Crippen LogP contribution in [0.4, 0.5) is 0 Å². The minimum Gasteiger partial charge on any atom is -0.309 e.